The highest BCUT2D eigenvalue weighted by Crippen LogP contribution is 2.18. The van der Waals surface area contributed by atoms with Crippen LogP contribution >= 0.6 is 23.4 Å². The second-order valence-corrected chi connectivity index (χ2v) is 6.13. The summed E-state index contributed by atoms with van der Waals surface area (Å²) in [7, 11) is 0. The van der Waals surface area contributed by atoms with Crippen LogP contribution in [0.4, 0.5) is 5.69 Å². The van der Waals surface area contributed by atoms with Gasteiger partial charge in [0.25, 0.3) is 0 Å². The summed E-state index contributed by atoms with van der Waals surface area (Å²) in [6, 6.07) is 14.7. The molecule has 0 atom stereocenters. The first-order valence-corrected chi connectivity index (χ1v) is 8.66. The van der Waals surface area contributed by atoms with Crippen molar-refractivity contribution < 1.29 is 9.59 Å². The molecule has 0 radical (unpaired) electrons. The van der Waals surface area contributed by atoms with Crippen molar-refractivity contribution in [3.8, 4) is 0 Å². The molecule has 0 saturated carbocycles. The van der Waals surface area contributed by atoms with Gasteiger partial charge in [0, 0.05) is 22.2 Å². The molecule has 0 saturated heterocycles. The number of benzene rings is 2. The van der Waals surface area contributed by atoms with Crippen LogP contribution in [-0.4, -0.2) is 24.6 Å². The SMILES string of the molecule is CSc1cccc(NC(=O)C(=O)NCCc2ccc(Cl)cc2)c1. The predicted molar refractivity (Wildman–Crippen MR) is 95.0 cm³/mol. The summed E-state index contributed by atoms with van der Waals surface area (Å²) in [5, 5.41) is 5.87. The van der Waals surface area contributed by atoms with Crippen molar-refractivity contribution in [2.24, 2.45) is 0 Å². The molecular weight excluding hydrogens is 332 g/mol. The quantitative estimate of drug-likeness (QED) is 0.643. The maximum Gasteiger partial charge on any atom is 0.313 e. The van der Waals surface area contributed by atoms with Gasteiger partial charge in [-0.2, -0.15) is 0 Å². The number of carbonyl (C=O) groups excluding carboxylic acids is 2. The number of hydrogen-bond acceptors (Lipinski definition) is 3. The molecule has 2 aromatic rings. The Morgan fingerprint density at radius 3 is 2.52 bits per heavy atom. The number of carbonyl (C=O) groups is 2. The van der Waals surface area contributed by atoms with E-state index in [1.54, 1.807) is 30.0 Å². The van der Waals surface area contributed by atoms with Crippen molar-refractivity contribution >= 4 is 40.9 Å². The summed E-state index contributed by atoms with van der Waals surface area (Å²) in [6.07, 6.45) is 2.59. The van der Waals surface area contributed by atoms with Gasteiger partial charge in [-0.25, -0.2) is 0 Å². The lowest BCUT2D eigenvalue weighted by Crippen LogP contribution is -2.36. The molecule has 120 valence electrons. The summed E-state index contributed by atoms with van der Waals surface area (Å²) in [5.74, 6) is -1.31. The van der Waals surface area contributed by atoms with Gasteiger partial charge in [0.1, 0.15) is 0 Å². The second-order valence-electron chi connectivity index (χ2n) is 4.82. The fraction of sp³-hybridized carbons (Fsp3) is 0.176. The largest absolute Gasteiger partial charge is 0.347 e. The average molecular weight is 349 g/mol. The third kappa shape index (κ3) is 5.62. The Bertz CT molecular complexity index is 689. The fourth-order valence-electron chi connectivity index (χ4n) is 1.94. The molecule has 23 heavy (non-hydrogen) atoms. The van der Waals surface area contributed by atoms with E-state index < -0.39 is 11.8 Å². The maximum absolute atomic E-state index is 11.9. The Hall–Kier alpha value is -1.98. The number of amides is 2. The fourth-order valence-corrected chi connectivity index (χ4v) is 2.53. The molecule has 2 aromatic carbocycles. The third-order valence-corrected chi connectivity index (χ3v) is 4.12. The van der Waals surface area contributed by atoms with Crippen molar-refractivity contribution in [2.45, 2.75) is 11.3 Å². The molecule has 2 N–H and O–H groups in total. The van der Waals surface area contributed by atoms with Gasteiger partial charge in [-0.1, -0.05) is 29.8 Å². The van der Waals surface area contributed by atoms with Gasteiger partial charge >= 0.3 is 11.8 Å². The van der Waals surface area contributed by atoms with E-state index in [-0.39, 0.29) is 0 Å². The maximum atomic E-state index is 11.9. The molecule has 0 spiro atoms. The normalized spacial score (nSPS) is 10.2. The first-order valence-electron chi connectivity index (χ1n) is 7.06. The minimum atomic E-state index is -0.667. The smallest absolute Gasteiger partial charge is 0.313 e. The Morgan fingerprint density at radius 1 is 1.09 bits per heavy atom. The van der Waals surface area contributed by atoms with E-state index in [1.165, 1.54) is 0 Å². The number of thioether (sulfide) groups is 1. The predicted octanol–water partition coefficient (Wildman–Crippen LogP) is 3.36. The van der Waals surface area contributed by atoms with Gasteiger partial charge in [-0.05, 0) is 48.6 Å². The highest BCUT2D eigenvalue weighted by atomic mass is 35.5. The standard InChI is InChI=1S/C17H17ClN2O2S/c1-23-15-4-2-3-14(11-15)20-17(22)16(21)19-10-9-12-5-7-13(18)8-6-12/h2-8,11H,9-10H2,1H3,(H,19,21)(H,20,22). The number of anilines is 1. The van der Waals surface area contributed by atoms with Crippen LogP contribution in [0.15, 0.2) is 53.4 Å². The summed E-state index contributed by atoms with van der Waals surface area (Å²) < 4.78 is 0. The first-order chi connectivity index (χ1) is 11.1. The lowest BCUT2D eigenvalue weighted by molar-refractivity contribution is -0.136. The Kier molecular flexibility index (Phi) is 6.50. The van der Waals surface area contributed by atoms with E-state index in [1.807, 2.05) is 36.6 Å². The van der Waals surface area contributed by atoms with E-state index in [0.717, 1.165) is 10.5 Å². The zero-order valence-corrected chi connectivity index (χ0v) is 14.2. The van der Waals surface area contributed by atoms with Crippen LogP contribution in [0.5, 0.6) is 0 Å². The Labute approximate surface area is 144 Å². The molecule has 0 aromatic heterocycles. The minimum Gasteiger partial charge on any atom is -0.347 e. The van der Waals surface area contributed by atoms with Gasteiger partial charge in [0.05, 0.1) is 0 Å². The van der Waals surface area contributed by atoms with Crippen LogP contribution in [0.1, 0.15) is 5.56 Å². The summed E-state index contributed by atoms with van der Waals surface area (Å²) in [4.78, 5) is 24.7. The van der Waals surface area contributed by atoms with Crippen LogP contribution in [0.3, 0.4) is 0 Å². The molecule has 0 aliphatic carbocycles. The number of halogens is 1. The molecule has 2 rings (SSSR count). The molecule has 0 unspecified atom stereocenters. The number of nitrogens with one attached hydrogen (secondary N) is 2. The van der Waals surface area contributed by atoms with E-state index in [2.05, 4.69) is 10.6 Å². The van der Waals surface area contributed by atoms with E-state index in [0.29, 0.717) is 23.7 Å². The van der Waals surface area contributed by atoms with Crippen molar-refractivity contribution in [2.75, 3.05) is 18.1 Å². The summed E-state index contributed by atoms with van der Waals surface area (Å²) in [6.45, 7) is 0.388. The van der Waals surface area contributed by atoms with Crippen molar-refractivity contribution in [3.05, 3.63) is 59.1 Å². The highest BCUT2D eigenvalue weighted by molar-refractivity contribution is 7.98. The molecule has 2 amide bonds. The Morgan fingerprint density at radius 2 is 1.83 bits per heavy atom. The number of hydrogen-bond donors (Lipinski definition) is 2. The Balaban J connectivity index is 1.80. The van der Waals surface area contributed by atoms with Crippen molar-refractivity contribution in [1.29, 1.82) is 0 Å². The zero-order chi connectivity index (χ0) is 16.7. The van der Waals surface area contributed by atoms with E-state index in [4.69, 9.17) is 11.6 Å². The van der Waals surface area contributed by atoms with E-state index in [9.17, 15) is 9.59 Å². The van der Waals surface area contributed by atoms with Crippen LogP contribution in [0.25, 0.3) is 0 Å². The van der Waals surface area contributed by atoms with Crippen LogP contribution < -0.4 is 10.6 Å². The second kappa shape index (κ2) is 8.60. The molecule has 4 nitrogen and oxygen atoms in total. The lowest BCUT2D eigenvalue weighted by atomic mass is 10.1. The molecule has 0 aliphatic rings. The minimum absolute atomic E-state index is 0.388. The summed E-state index contributed by atoms with van der Waals surface area (Å²) >= 11 is 7.38. The van der Waals surface area contributed by atoms with Gasteiger partial charge in [0.2, 0.25) is 0 Å². The molecular formula is C17H17ClN2O2S. The lowest BCUT2D eigenvalue weighted by Gasteiger charge is -2.07. The average Bonchev–Trinajstić information content (AvgIpc) is 2.56. The van der Waals surface area contributed by atoms with Crippen LogP contribution in [-0.2, 0) is 16.0 Å². The number of rotatable bonds is 5. The van der Waals surface area contributed by atoms with E-state index >= 15 is 0 Å². The monoisotopic (exact) mass is 348 g/mol. The molecule has 0 aliphatic heterocycles. The van der Waals surface area contributed by atoms with Gasteiger partial charge in [-0.3, -0.25) is 9.59 Å². The highest BCUT2D eigenvalue weighted by Gasteiger charge is 2.13. The summed E-state index contributed by atoms with van der Waals surface area (Å²) in [5.41, 5.74) is 1.65. The zero-order valence-electron chi connectivity index (χ0n) is 12.6. The van der Waals surface area contributed by atoms with Crippen molar-refractivity contribution in [3.63, 3.8) is 0 Å². The molecule has 0 fully saturated rings. The third-order valence-electron chi connectivity index (χ3n) is 3.15. The van der Waals surface area contributed by atoms with Crippen LogP contribution in [0, 0.1) is 0 Å². The first kappa shape index (κ1) is 17.4. The van der Waals surface area contributed by atoms with Gasteiger partial charge in [-0.15, -0.1) is 11.8 Å². The topological polar surface area (TPSA) is 58.2 Å². The van der Waals surface area contributed by atoms with Crippen molar-refractivity contribution in [1.82, 2.24) is 5.32 Å². The molecule has 6 heteroatoms. The molecule has 0 heterocycles. The van der Waals surface area contributed by atoms with Gasteiger partial charge < -0.3 is 10.6 Å². The molecule has 0 bridgehead atoms. The van der Waals surface area contributed by atoms with Crippen LogP contribution in [0.2, 0.25) is 5.02 Å². The van der Waals surface area contributed by atoms with Gasteiger partial charge in [0.15, 0.2) is 0 Å².